The van der Waals surface area contributed by atoms with Crippen LogP contribution in [0.2, 0.25) is 5.02 Å². The third-order valence-corrected chi connectivity index (χ3v) is 4.43. The van der Waals surface area contributed by atoms with Gasteiger partial charge in [-0.15, -0.1) is 0 Å². The highest BCUT2D eigenvalue weighted by Gasteiger charge is 2.30. The fourth-order valence-electron chi connectivity index (χ4n) is 2.86. The van der Waals surface area contributed by atoms with E-state index in [-0.39, 0.29) is 12.6 Å². The van der Waals surface area contributed by atoms with E-state index in [0.717, 1.165) is 19.4 Å². The monoisotopic (exact) mass is 355 g/mol. The van der Waals surface area contributed by atoms with Gasteiger partial charge in [-0.1, -0.05) is 53.9 Å². The average molecular weight is 356 g/mol. The Hall–Kier alpha value is -1.35. The molecule has 1 aliphatic heterocycles. The summed E-state index contributed by atoms with van der Waals surface area (Å²) in [5.74, 6) is 0. The standard InChI is InChI=1S/C21H26ClNO/c1-21(17-7-4-3-5-8-17,18-10-12-19(22)13-11-18)24-16-14-20-9-6-15-23(20)2/h3-5,7-8,10-13,20H,6,9,14-16H2,1-2H3/t20-,21+/m0/s1/i1D3,3D,4D,5D,7D,8D,10D,11D,12D,13D. The summed E-state index contributed by atoms with van der Waals surface area (Å²) in [5.41, 5.74) is -4.46. The van der Waals surface area contributed by atoms with Crippen LogP contribution >= 0.6 is 11.6 Å². The van der Waals surface area contributed by atoms with Crippen molar-refractivity contribution in [1.82, 2.24) is 4.90 Å². The molecule has 0 spiro atoms. The minimum Gasteiger partial charge on any atom is -0.366 e. The Morgan fingerprint density at radius 3 is 2.54 bits per heavy atom. The van der Waals surface area contributed by atoms with Gasteiger partial charge in [0.05, 0.1) is 12.3 Å². The normalized spacial score (nSPS) is 28.5. The Balaban J connectivity index is 2.42. The molecule has 0 N–H and O–H groups in total. The van der Waals surface area contributed by atoms with Gasteiger partial charge in [-0.2, -0.15) is 0 Å². The van der Waals surface area contributed by atoms with Crippen LogP contribution in [0, 0.1) is 0 Å². The Kier molecular flexibility index (Phi) is 2.53. The van der Waals surface area contributed by atoms with Crippen molar-refractivity contribution < 1.29 is 21.2 Å². The van der Waals surface area contributed by atoms with Crippen LogP contribution in [-0.2, 0) is 10.3 Å². The average Bonchev–Trinajstić information content (AvgIpc) is 3.22. The predicted molar refractivity (Wildman–Crippen MR) is 101 cm³/mol. The molecule has 2 aromatic carbocycles. The fraction of sp³-hybridized carbons (Fsp3) is 0.429. The molecule has 1 saturated heterocycles. The Morgan fingerprint density at radius 2 is 1.92 bits per heavy atom. The van der Waals surface area contributed by atoms with Gasteiger partial charge in [-0.25, -0.2) is 0 Å². The van der Waals surface area contributed by atoms with E-state index in [4.69, 9.17) is 32.8 Å². The molecule has 2 aromatic rings. The molecule has 3 heteroatoms. The maximum atomic E-state index is 8.52. The second-order valence-electron chi connectivity index (χ2n) is 5.78. The Bertz CT molecular complexity index is 1060. The van der Waals surface area contributed by atoms with Crippen LogP contribution in [0.3, 0.4) is 0 Å². The lowest BCUT2D eigenvalue weighted by Gasteiger charge is -2.32. The molecular formula is C21H26ClNO. The number of hydrogen-bond acceptors (Lipinski definition) is 2. The fourth-order valence-corrected chi connectivity index (χ4v) is 2.96. The van der Waals surface area contributed by atoms with E-state index in [9.17, 15) is 0 Å². The van der Waals surface area contributed by atoms with Crippen molar-refractivity contribution in [3.63, 3.8) is 0 Å². The maximum absolute atomic E-state index is 8.52. The lowest BCUT2D eigenvalue weighted by molar-refractivity contribution is -0.0117. The largest absolute Gasteiger partial charge is 0.366 e. The van der Waals surface area contributed by atoms with Crippen LogP contribution in [-0.4, -0.2) is 31.1 Å². The molecule has 0 radical (unpaired) electrons. The van der Waals surface area contributed by atoms with Gasteiger partial charge in [0.15, 0.2) is 0 Å². The molecule has 2 atom stereocenters. The number of likely N-dealkylation sites (tertiary alicyclic amines) is 1. The first kappa shape index (κ1) is 7.90. The lowest BCUT2D eigenvalue weighted by atomic mass is 9.88. The number of nitrogens with zero attached hydrogens (tertiary/aromatic N) is 1. The van der Waals surface area contributed by atoms with Gasteiger partial charge in [0, 0.05) is 21.8 Å². The molecule has 0 unspecified atom stereocenters. The minimum absolute atomic E-state index is 0.0500. The number of rotatable bonds is 6. The maximum Gasteiger partial charge on any atom is 0.115 e. The summed E-state index contributed by atoms with van der Waals surface area (Å²) in [7, 11) is 1.91. The van der Waals surface area contributed by atoms with E-state index in [2.05, 4.69) is 4.90 Å². The Morgan fingerprint density at radius 1 is 1.21 bits per heavy atom. The summed E-state index contributed by atoms with van der Waals surface area (Å²) >= 11 is 5.95. The van der Waals surface area contributed by atoms with E-state index < -0.39 is 83.0 Å². The topological polar surface area (TPSA) is 12.5 Å². The predicted octanol–water partition coefficient (Wildman–Crippen LogP) is 5.10. The zero-order valence-electron chi connectivity index (χ0n) is 25.3. The first-order valence-electron chi connectivity index (χ1n) is 13.8. The molecule has 1 fully saturated rings. The summed E-state index contributed by atoms with van der Waals surface area (Å²) < 4.78 is 106. The zero-order valence-corrected chi connectivity index (χ0v) is 14.1. The molecule has 24 heavy (non-hydrogen) atoms. The van der Waals surface area contributed by atoms with E-state index in [1.54, 1.807) is 0 Å². The summed E-state index contributed by atoms with van der Waals surface area (Å²) in [6, 6.07) is -7.20. The number of hydrogen-bond donors (Lipinski definition) is 0. The lowest BCUT2D eigenvalue weighted by Crippen LogP contribution is -2.31. The first-order chi connectivity index (χ1) is 16.6. The molecular weight excluding hydrogens is 318 g/mol. The summed E-state index contributed by atoms with van der Waals surface area (Å²) in [6.45, 7) is -2.73. The highest BCUT2D eigenvalue weighted by Crippen LogP contribution is 2.34. The second-order valence-corrected chi connectivity index (χ2v) is 6.16. The van der Waals surface area contributed by atoms with Crippen LogP contribution in [0.15, 0.2) is 54.4 Å². The molecule has 2 nitrogen and oxygen atoms in total. The van der Waals surface area contributed by atoms with Gasteiger partial charge in [0.2, 0.25) is 0 Å². The van der Waals surface area contributed by atoms with Crippen LogP contribution in [0.4, 0.5) is 0 Å². The van der Waals surface area contributed by atoms with Gasteiger partial charge in [-0.3, -0.25) is 0 Å². The summed E-state index contributed by atoms with van der Waals surface area (Å²) in [4.78, 5) is 2.07. The summed E-state index contributed by atoms with van der Waals surface area (Å²) in [5, 5.41) is -0.540. The van der Waals surface area contributed by atoms with Crippen molar-refractivity contribution in [2.24, 2.45) is 0 Å². The van der Waals surface area contributed by atoms with Crippen molar-refractivity contribution in [2.45, 2.75) is 37.8 Å². The molecule has 3 rings (SSSR count). The van der Waals surface area contributed by atoms with E-state index >= 15 is 0 Å². The van der Waals surface area contributed by atoms with Crippen molar-refractivity contribution in [1.29, 1.82) is 0 Å². The van der Waals surface area contributed by atoms with E-state index in [1.165, 1.54) is 0 Å². The highest BCUT2D eigenvalue weighted by molar-refractivity contribution is 6.30. The van der Waals surface area contributed by atoms with Crippen LogP contribution in [0.5, 0.6) is 0 Å². The Labute approximate surface area is 167 Å². The molecule has 1 heterocycles. The molecule has 0 bridgehead atoms. The zero-order chi connectivity index (χ0) is 27.3. The highest BCUT2D eigenvalue weighted by atomic mass is 35.5. The van der Waals surface area contributed by atoms with Gasteiger partial charge in [0.1, 0.15) is 5.60 Å². The van der Waals surface area contributed by atoms with Crippen molar-refractivity contribution in [2.75, 3.05) is 20.2 Å². The molecule has 0 amide bonds. The van der Waals surface area contributed by atoms with E-state index in [0.29, 0.717) is 6.42 Å². The number of ether oxygens (including phenoxy) is 1. The van der Waals surface area contributed by atoms with Crippen molar-refractivity contribution in [3.8, 4) is 0 Å². The second kappa shape index (κ2) is 7.69. The quantitative estimate of drug-likeness (QED) is 0.714. The van der Waals surface area contributed by atoms with Crippen LogP contribution in [0.1, 0.15) is 53.7 Å². The number of benzene rings is 2. The molecule has 0 aromatic heterocycles. The third-order valence-electron chi connectivity index (χ3n) is 4.24. The minimum atomic E-state index is -3.32. The van der Waals surface area contributed by atoms with Gasteiger partial charge >= 0.3 is 0 Å². The van der Waals surface area contributed by atoms with Crippen LogP contribution < -0.4 is 0 Å². The number of halogens is 1. The van der Waals surface area contributed by atoms with Crippen molar-refractivity contribution >= 4 is 11.6 Å². The van der Waals surface area contributed by atoms with Gasteiger partial charge in [-0.05, 0) is 62.9 Å². The SMILES string of the molecule is [2H]c1c([2H])c([2H])c([C@@](OCC[C@@H]2CCCN2C)(c2c([2H])c([2H])c(Cl)c([2H])c2[2H])C([2H])([2H])[2H])c([2H])c1[2H]. The third kappa shape index (κ3) is 3.83. The molecule has 0 aliphatic carbocycles. The molecule has 128 valence electrons. The van der Waals surface area contributed by atoms with E-state index in [1.807, 2.05) is 7.05 Å². The first-order valence-corrected chi connectivity index (χ1v) is 8.15. The van der Waals surface area contributed by atoms with Gasteiger partial charge in [0.25, 0.3) is 0 Å². The van der Waals surface area contributed by atoms with Crippen LogP contribution in [0.25, 0.3) is 0 Å². The van der Waals surface area contributed by atoms with Crippen molar-refractivity contribution in [3.05, 3.63) is 70.5 Å². The molecule has 1 aliphatic rings. The molecule has 0 saturated carbocycles. The summed E-state index contributed by atoms with van der Waals surface area (Å²) in [6.07, 6.45) is 2.10. The van der Waals surface area contributed by atoms with Gasteiger partial charge < -0.3 is 9.64 Å². The smallest absolute Gasteiger partial charge is 0.115 e.